The molecule has 2 nitrogen and oxygen atoms in total. The molecule has 0 spiro atoms. The van der Waals surface area contributed by atoms with E-state index in [-0.39, 0.29) is 6.10 Å². The van der Waals surface area contributed by atoms with Gasteiger partial charge in [-0.2, -0.15) is 11.3 Å². The normalized spacial score (nSPS) is 10.5. The summed E-state index contributed by atoms with van der Waals surface area (Å²) in [6, 6.07) is 7.56. The summed E-state index contributed by atoms with van der Waals surface area (Å²) in [6.07, 6.45) is 1.01. The first-order valence-corrected chi connectivity index (χ1v) is 6.43. The quantitative estimate of drug-likeness (QED) is 0.762. The first-order valence-electron chi connectivity index (χ1n) is 5.49. The van der Waals surface area contributed by atoms with E-state index in [9.17, 15) is 4.79 Å². The molecular weight excluding hydrogens is 232 g/mol. The molecule has 3 heteroatoms. The van der Waals surface area contributed by atoms with Crippen LogP contribution in [0.25, 0.3) is 11.1 Å². The van der Waals surface area contributed by atoms with Crippen LogP contribution < -0.4 is 4.74 Å². The number of thiophene rings is 1. The van der Waals surface area contributed by atoms with Crippen LogP contribution >= 0.6 is 11.3 Å². The van der Waals surface area contributed by atoms with E-state index in [0.29, 0.717) is 5.56 Å². The predicted octanol–water partition coefficient (Wildman–Crippen LogP) is 4.01. The van der Waals surface area contributed by atoms with Gasteiger partial charge in [0, 0.05) is 5.56 Å². The molecule has 0 aliphatic heterocycles. The fraction of sp³-hybridized carbons (Fsp3) is 0.214. The molecule has 1 aromatic heterocycles. The third kappa shape index (κ3) is 2.74. The highest BCUT2D eigenvalue weighted by Crippen LogP contribution is 2.29. The maximum atomic E-state index is 11.0. The van der Waals surface area contributed by atoms with Crippen molar-refractivity contribution in [3.8, 4) is 16.9 Å². The van der Waals surface area contributed by atoms with Crippen molar-refractivity contribution < 1.29 is 9.53 Å². The monoisotopic (exact) mass is 246 g/mol. The Labute approximate surface area is 105 Å². The van der Waals surface area contributed by atoms with Crippen molar-refractivity contribution in [3.05, 3.63) is 40.6 Å². The standard InChI is InChI=1S/C14H14O2S/c1-10(2)16-13-4-3-11(8-15)14(7-13)12-5-6-17-9-12/h3-10H,1-2H3. The van der Waals surface area contributed by atoms with Gasteiger partial charge < -0.3 is 4.74 Å². The highest BCUT2D eigenvalue weighted by Gasteiger charge is 2.07. The van der Waals surface area contributed by atoms with Gasteiger partial charge in [-0.05, 0) is 60.0 Å². The summed E-state index contributed by atoms with van der Waals surface area (Å²) in [5.74, 6) is 0.798. The van der Waals surface area contributed by atoms with Crippen LogP contribution in [0, 0.1) is 0 Å². The number of ether oxygens (including phenoxy) is 1. The number of rotatable bonds is 4. The highest BCUT2D eigenvalue weighted by molar-refractivity contribution is 7.08. The zero-order chi connectivity index (χ0) is 12.3. The van der Waals surface area contributed by atoms with Crippen molar-refractivity contribution in [2.24, 2.45) is 0 Å². The molecule has 0 N–H and O–H groups in total. The summed E-state index contributed by atoms with van der Waals surface area (Å²) in [5.41, 5.74) is 2.69. The van der Waals surface area contributed by atoms with Crippen molar-refractivity contribution in [2.45, 2.75) is 20.0 Å². The Morgan fingerprint density at radius 2 is 2.12 bits per heavy atom. The molecule has 0 unspecified atom stereocenters. The van der Waals surface area contributed by atoms with Gasteiger partial charge in [0.05, 0.1) is 6.10 Å². The van der Waals surface area contributed by atoms with E-state index >= 15 is 0 Å². The van der Waals surface area contributed by atoms with Crippen LogP contribution in [0.3, 0.4) is 0 Å². The summed E-state index contributed by atoms with van der Waals surface area (Å²) in [4.78, 5) is 11.0. The minimum absolute atomic E-state index is 0.132. The number of hydrogen-bond acceptors (Lipinski definition) is 3. The molecule has 2 aromatic rings. The molecular formula is C14H14O2S. The zero-order valence-corrected chi connectivity index (χ0v) is 10.7. The van der Waals surface area contributed by atoms with Gasteiger partial charge in [-0.1, -0.05) is 0 Å². The molecule has 0 aliphatic rings. The van der Waals surface area contributed by atoms with Gasteiger partial charge in [0.15, 0.2) is 6.29 Å². The van der Waals surface area contributed by atoms with Gasteiger partial charge in [-0.3, -0.25) is 4.79 Å². The Kier molecular flexibility index (Phi) is 3.59. The average Bonchev–Trinajstić information content (AvgIpc) is 2.81. The van der Waals surface area contributed by atoms with E-state index in [4.69, 9.17) is 4.74 Å². The smallest absolute Gasteiger partial charge is 0.150 e. The molecule has 0 amide bonds. The molecule has 17 heavy (non-hydrogen) atoms. The summed E-state index contributed by atoms with van der Waals surface area (Å²) in [6.45, 7) is 3.97. The van der Waals surface area contributed by atoms with Crippen LogP contribution in [0.5, 0.6) is 5.75 Å². The van der Waals surface area contributed by atoms with E-state index in [1.165, 1.54) is 0 Å². The summed E-state index contributed by atoms with van der Waals surface area (Å²) >= 11 is 1.62. The predicted molar refractivity (Wildman–Crippen MR) is 70.9 cm³/mol. The molecule has 0 saturated carbocycles. The molecule has 0 aliphatic carbocycles. The van der Waals surface area contributed by atoms with Crippen LogP contribution in [-0.4, -0.2) is 12.4 Å². The van der Waals surface area contributed by atoms with Gasteiger partial charge in [-0.15, -0.1) is 0 Å². The van der Waals surface area contributed by atoms with Crippen LogP contribution in [-0.2, 0) is 0 Å². The van der Waals surface area contributed by atoms with Gasteiger partial charge in [-0.25, -0.2) is 0 Å². The van der Waals surface area contributed by atoms with Gasteiger partial charge in [0.1, 0.15) is 5.75 Å². The molecule has 2 rings (SSSR count). The van der Waals surface area contributed by atoms with Gasteiger partial charge in [0.25, 0.3) is 0 Å². The topological polar surface area (TPSA) is 26.3 Å². The zero-order valence-electron chi connectivity index (χ0n) is 9.84. The number of hydrogen-bond donors (Lipinski definition) is 0. The maximum absolute atomic E-state index is 11.0. The summed E-state index contributed by atoms with van der Waals surface area (Å²) < 4.78 is 5.64. The maximum Gasteiger partial charge on any atom is 0.150 e. The lowest BCUT2D eigenvalue weighted by Crippen LogP contribution is -2.05. The Balaban J connectivity index is 2.43. The number of benzene rings is 1. The van der Waals surface area contributed by atoms with E-state index in [1.807, 2.05) is 42.8 Å². The van der Waals surface area contributed by atoms with Gasteiger partial charge >= 0.3 is 0 Å². The van der Waals surface area contributed by atoms with Crippen LogP contribution in [0.2, 0.25) is 0 Å². The number of carbonyl (C=O) groups excluding carboxylic acids is 1. The van der Waals surface area contributed by atoms with E-state index in [0.717, 1.165) is 23.2 Å². The molecule has 0 bridgehead atoms. The van der Waals surface area contributed by atoms with Crippen LogP contribution in [0.1, 0.15) is 24.2 Å². The lowest BCUT2D eigenvalue weighted by molar-refractivity contribution is 0.112. The van der Waals surface area contributed by atoms with Crippen molar-refractivity contribution in [2.75, 3.05) is 0 Å². The third-order valence-corrected chi connectivity index (χ3v) is 3.04. The molecule has 0 atom stereocenters. The third-order valence-electron chi connectivity index (χ3n) is 2.36. The fourth-order valence-corrected chi connectivity index (χ4v) is 2.31. The first kappa shape index (κ1) is 11.9. The summed E-state index contributed by atoms with van der Waals surface area (Å²) in [7, 11) is 0. The SMILES string of the molecule is CC(C)Oc1ccc(C=O)c(-c2ccsc2)c1. The van der Waals surface area contributed by atoms with Crippen LogP contribution in [0.4, 0.5) is 0 Å². The Morgan fingerprint density at radius 3 is 2.71 bits per heavy atom. The fourth-order valence-electron chi connectivity index (χ4n) is 1.65. The van der Waals surface area contributed by atoms with Crippen LogP contribution in [0.15, 0.2) is 35.0 Å². The molecule has 0 saturated heterocycles. The molecule has 0 fully saturated rings. The number of carbonyl (C=O) groups is 1. The van der Waals surface area contributed by atoms with E-state index in [1.54, 1.807) is 17.4 Å². The molecule has 0 radical (unpaired) electrons. The minimum atomic E-state index is 0.132. The molecule has 88 valence electrons. The molecule has 1 aromatic carbocycles. The van der Waals surface area contributed by atoms with Crippen molar-refractivity contribution in [1.29, 1.82) is 0 Å². The van der Waals surface area contributed by atoms with Crippen molar-refractivity contribution in [1.82, 2.24) is 0 Å². The number of aldehydes is 1. The lowest BCUT2D eigenvalue weighted by Gasteiger charge is -2.11. The Bertz CT molecular complexity index is 501. The second-order valence-corrected chi connectivity index (χ2v) is 4.83. The first-order chi connectivity index (χ1) is 8.20. The second kappa shape index (κ2) is 5.15. The molecule has 1 heterocycles. The Hall–Kier alpha value is -1.61. The van der Waals surface area contributed by atoms with Gasteiger partial charge in [0.2, 0.25) is 0 Å². The Morgan fingerprint density at radius 1 is 1.29 bits per heavy atom. The van der Waals surface area contributed by atoms with E-state index < -0.39 is 0 Å². The summed E-state index contributed by atoms with van der Waals surface area (Å²) in [5, 5.41) is 4.03. The van der Waals surface area contributed by atoms with Crippen molar-refractivity contribution >= 4 is 17.6 Å². The highest BCUT2D eigenvalue weighted by atomic mass is 32.1. The van der Waals surface area contributed by atoms with Crippen molar-refractivity contribution in [3.63, 3.8) is 0 Å². The van der Waals surface area contributed by atoms with E-state index in [2.05, 4.69) is 0 Å². The largest absolute Gasteiger partial charge is 0.491 e. The lowest BCUT2D eigenvalue weighted by atomic mass is 10.0. The average molecular weight is 246 g/mol. The minimum Gasteiger partial charge on any atom is -0.491 e. The second-order valence-electron chi connectivity index (χ2n) is 4.05.